The Hall–Kier alpha value is -2.96. The molecule has 3 aromatic rings. The van der Waals surface area contributed by atoms with Crippen molar-refractivity contribution in [3.05, 3.63) is 40.3 Å². The summed E-state index contributed by atoms with van der Waals surface area (Å²) in [5, 5.41) is 21.4. The fourth-order valence-corrected chi connectivity index (χ4v) is 5.24. The summed E-state index contributed by atoms with van der Waals surface area (Å²) in [4.78, 5) is 16.0. The van der Waals surface area contributed by atoms with Gasteiger partial charge < -0.3 is 14.2 Å². The number of amides is 1. The smallest absolute Gasteiger partial charge is 0.283 e. The molecular formula is C22H25N5O3S. The van der Waals surface area contributed by atoms with E-state index in [4.69, 9.17) is 8.83 Å². The van der Waals surface area contributed by atoms with Crippen molar-refractivity contribution in [1.29, 1.82) is 5.26 Å². The molecule has 1 amide bonds. The Morgan fingerprint density at radius 1 is 1.45 bits per heavy atom. The Labute approximate surface area is 184 Å². The zero-order chi connectivity index (χ0) is 21.8. The molecule has 0 aromatic carbocycles. The number of nitriles is 1. The third-order valence-corrected chi connectivity index (χ3v) is 6.51. The van der Waals surface area contributed by atoms with Crippen LogP contribution in [0.1, 0.15) is 48.6 Å². The van der Waals surface area contributed by atoms with Crippen LogP contribution in [-0.4, -0.2) is 34.1 Å². The van der Waals surface area contributed by atoms with Crippen LogP contribution < -0.4 is 5.32 Å². The van der Waals surface area contributed by atoms with Crippen LogP contribution in [0.25, 0.3) is 11.7 Å². The van der Waals surface area contributed by atoms with Gasteiger partial charge in [0.2, 0.25) is 11.8 Å². The minimum Gasteiger partial charge on any atom is -0.459 e. The number of thiophene rings is 1. The van der Waals surface area contributed by atoms with Gasteiger partial charge in [-0.05, 0) is 55.8 Å². The Morgan fingerprint density at radius 2 is 2.32 bits per heavy atom. The van der Waals surface area contributed by atoms with Gasteiger partial charge in [-0.25, -0.2) is 0 Å². The molecule has 3 heterocycles. The maximum Gasteiger partial charge on any atom is 0.283 e. The van der Waals surface area contributed by atoms with Crippen molar-refractivity contribution < 1.29 is 13.6 Å². The van der Waals surface area contributed by atoms with Crippen molar-refractivity contribution in [3.8, 4) is 17.7 Å². The zero-order valence-electron chi connectivity index (χ0n) is 17.7. The standard InChI is InChI=1S/C22H25N5O3S/c1-3-8-27(13-20-25-26-21(30-20)17-5-4-9-29-17)12-19(28)24-22-16(11-23)15-7-6-14(2)10-18(15)31-22/h4-5,9,14H,3,6-8,10,12-13H2,1-2H3,(H,24,28). The second-order valence-electron chi connectivity index (χ2n) is 7.90. The third-order valence-electron chi connectivity index (χ3n) is 5.34. The summed E-state index contributed by atoms with van der Waals surface area (Å²) >= 11 is 1.54. The number of carbonyl (C=O) groups excluding carboxylic acids is 1. The Bertz CT molecular complexity index is 1080. The highest BCUT2D eigenvalue weighted by atomic mass is 32.1. The molecule has 0 radical (unpaired) electrons. The molecule has 1 atom stereocenters. The number of anilines is 1. The van der Waals surface area contributed by atoms with Crippen molar-refractivity contribution in [2.24, 2.45) is 5.92 Å². The molecule has 0 bridgehead atoms. The fraction of sp³-hybridized carbons (Fsp3) is 0.455. The summed E-state index contributed by atoms with van der Waals surface area (Å²) < 4.78 is 11.0. The number of hydrogen-bond donors (Lipinski definition) is 1. The lowest BCUT2D eigenvalue weighted by Crippen LogP contribution is -2.33. The molecule has 0 aliphatic heterocycles. The normalized spacial score (nSPS) is 15.6. The number of furan rings is 1. The lowest BCUT2D eigenvalue weighted by Gasteiger charge is -2.18. The van der Waals surface area contributed by atoms with Gasteiger partial charge in [0.15, 0.2) is 5.76 Å². The third kappa shape index (κ3) is 4.86. The SMILES string of the molecule is CCCN(CC(=O)Nc1sc2c(c1C#N)CCC(C)C2)Cc1nnc(-c2ccco2)o1. The Kier molecular flexibility index (Phi) is 6.49. The summed E-state index contributed by atoms with van der Waals surface area (Å²) in [5.74, 6) is 1.71. The maximum absolute atomic E-state index is 12.8. The van der Waals surface area contributed by atoms with E-state index in [1.807, 2.05) is 4.90 Å². The van der Waals surface area contributed by atoms with Crippen LogP contribution >= 0.6 is 11.3 Å². The fourth-order valence-electron chi connectivity index (χ4n) is 3.87. The van der Waals surface area contributed by atoms with E-state index < -0.39 is 0 Å². The van der Waals surface area contributed by atoms with E-state index in [1.54, 1.807) is 29.7 Å². The van der Waals surface area contributed by atoms with Gasteiger partial charge in [-0.2, -0.15) is 5.26 Å². The van der Waals surface area contributed by atoms with Crippen LogP contribution in [0, 0.1) is 17.2 Å². The van der Waals surface area contributed by atoms with Crippen molar-refractivity contribution in [3.63, 3.8) is 0 Å². The molecular weight excluding hydrogens is 414 g/mol. The van der Waals surface area contributed by atoms with Crippen molar-refractivity contribution in [2.75, 3.05) is 18.4 Å². The van der Waals surface area contributed by atoms with E-state index in [9.17, 15) is 10.1 Å². The molecule has 31 heavy (non-hydrogen) atoms. The van der Waals surface area contributed by atoms with E-state index in [0.717, 1.165) is 31.2 Å². The Morgan fingerprint density at radius 3 is 3.06 bits per heavy atom. The molecule has 1 aliphatic carbocycles. The van der Waals surface area contributed by atoms with Crippen LogP contribution in [0.4, 0.5) is 5.00 Å². The summed E-state index contributed by atoms with van der Waals surface area (Å²) in [6.07, 6.45) is 5.39. The first-order valence-corrected chi connectivity index (χ1v) is 11.3. The van der Waals surface area contributed by atoms with Crippen LogP contribution in [0.15, 0.2) is 27.2 Å². The molecule has 1 N–H and O–H groups in total. The van der Waals surface area contributed by atoms with Crippen molar-refractivity contribution in [1.82, 2.24) is 15.1 Å². The monoisotopic (exact) mass is 439 g/mol. The lowest BCUT2D eigenvalue weighted by atomic mass is 9.89. The number of nitrogens with one attached hydrogen (secondary N) is 1. The minimum atomic E-state index is -0.151. The van der Waals surface area contributed by atoms with E-state index >= 15 is 0 Å². The van der Waals surface area contributed by atoms with Gasteiger partial charge >= 0.3 is 0 Å². The van der Waals surface area contributed by atoms with Crippen LogP contribution in [-0.2, 0) is 24.2 Å². The zero-order valence-corrected chi connectivity index (χ0v) is 18.5. The molecule has 0 fully saturated rings. The average molecular weight is 440 g/mol. The highest BCUT2D eigenvalue weighted by Gasteiger charge is 2.25. The van der Waals surface area contributed by atoms with Gasteiger partial charge in [0.25, 0.3) is 5.89 Å². The van der Waals surface area contributed by atoms with Gasteiger partial charge in [0.1, 0.15) is 11.1 Å². The average Bonchev–Trinajstić information content (AvgIpc) is 3.47. The van der Waals surface area contributed by atoms with Gasteiger partial charge in [-0.3, -0.25) is 9.69 Å². The first-order chi connectivity index (χ1) is 15.1. The molecule has 162 valence electrons. The molecule has 8 nitrogen and oxygen atoms in total. The van der Waals surface area contributed by atoms with Gasteiger partial charge in [-0.1, -0.05) is 13.8 Å². The molecule has 1 aliphatic rings. The molecule has 1 unspecified atom stereocenters. The first-order valence-electron chi connectivity index (χ1n) is 10.5. The molecule has 0 saturated heterocycles. The van der Waals surface area contributed by atoms with E-state index in [0.29, 0.717) is 47.1 Å². The number of nitrogens with zero attached hydrogens (tertiary/aromatic N) is 4. The molecule has 0 spiro atoms. The van der Waals surface area contributed by atoms with Crippen LogP contribution in [0.5, 0.6) is 0 Å². The van der Waals surface area contributed by atoms with Crippen LogP contribution in [0.2, 0.25) is 0 Å². The largest absolute Gasteiger partial charge is 0.459 e. The van der Waals surface area contributed by atoms with Gasteiger partial charge in [0, 0.05) is 4.88 Å². The predicted molar refractivity (Wildman–Crippen MR) is 116 cm³/mol. The highest BCUT2D eigenvalue weighted by molar-refractivity contribution is 7.16. The molecule has 4 rings (SSSR count). The second-order valence-corrected chi connectivity index (χ2v) is 9.01. The highest BCUT2D eigenvalue weighted by Crippen LogP contribution is 2.39. The first kappa shape index (κ1) is 21.3. The number of fused-ring (bicyclic) bond motifs is 1. The minimum absolute atomic E-state index is 0.151. The number of aromatic nitrogens is 2. The van der Waals surface area contributed by atoms with Gasteiger partial charge in [-0.15, -0.1) is 21.5 Å². The predicted octanol–water partition coefficient (Wildman–Crippen LogP) is 4.24. The summed E-state index contributed by atoms with van der Waals surface area (Å²) in [6.45, 7) is 5.52. The summed E-state index contributed by atoms with van der Waals surface area (Å²) in [5.41, 5.74) is 1.74. The number of hydrogen-bond acceptors (Lipinski definition) is 8. The quantitative estimate of drug-likeness (QED) is 0.559. The van der Waals surface area contributed by atoms with Crippen molar-refractivity contribution >= 4 is 22.2 Å². The van der Waals surface area contributed by atoms with E-state index in [2.05, 4.69) is 35.4 Å². The molecule has 9 heteroatoms. The van der Waals surface area contributed by atoms with Gasteiger partial charge in [0.05, 0.1) is 24.9 Å². The van der Waals surface area contributed by atoms with Crippen LogP contribution in [0.3, 0.4) is 0 Å². The number of rotatable bonds is 8. The Balaban J connectivity index is 1.42. The van der Waals surface area contributed by atoms with Crippen molar-refractivity contribution in [2.45, 2.75) is 46.1 Å². The van der Waals surface area contributed by atoms with E-state index in [1.165, 1.54) is 4.88 Å². The lowest BCUT2D eigenvalue weighted by molar-refractivity contribution is -0.117. The summed E-state index contributed by atoms with van der Waals surface area (Å²) in [7, 11) is 0. The van der Waals surface area contributed by atoms with E-state index in [-0.39, 0.29) is 12.5 Å². The topological polar surface area (TPSA) is 108 Å². The summed E-state index contributed by atoms with van der Waals surface area (Å²) in [6, 6.07) is 5.81. The second kappa shape index (κ2) is 9.45. The number of carbonyl (C=O) groups is 1. The molecule has 0 saturated carbocycles. The molecule has 3 aromatic heterocycles. The maximum atomic E-state index is 12.8.